The lowest BCUT2D eigenvalue weighted by Crippen LogP contribution is -2.28. The molecule has 0 saturated carbocycles. The van der Waals surface area contributed by atoms with Gasteiger partial charge in [-0.05, 0) is 19.3 Å². The minimum atomic E-state index is -0.535. The van der Waals surface area contributed by atoms with Crippen LogP contribution < -0.4 is 0 Å². The lowest BCUT2D eigenvalue weighted by molar-refractivity contribution is -0.146. The number of esters is 1. The summed E-state index contributed by atoms with van der Waals surface area (Å²) in [6, 6.07) is 9.21. The molecule has 1 unspecified atom stereocenters. The fraction of sp³-hybridized carbons (Fsp3) is 0.467. The zero-order valence-electron chi connectivity index (χ0n) is 11.7. The highest BCUT2D eigenvalue weighted by molar-refractivity contribution is 6.11. The summed E-state index contributed by atoms with van der Waals surface area (Å²) >= 11 is 0. The average Bonchev–Trinajstić information content (AvgIpc) is 2.39. The quantitative estimate of drug-likeness (QED) is 0.371. The fourth-order valence-electron chi connectivity index (χ4n) is 1.97. The highest BCUT2D eigenvalue weighted by Gasteiger charge is 2.28. The first-order chi connectivity index (χ1) is 9.10. The highest BCUT2D eigenvalue weighted by atomic mass is 16.5. The number of oxime groups is 1. The molecule has 0 heterocycles. The fourth-order valence-corrected chi connectivity index (χ4v) is 1.97. The molecule has 0 aromatic heterocycles. The Kier molecular flexibility index (Phi) is 6.06. The van der Waals surface area contributed by atoms with Gasteiger partial charge in [0.2, 0.25) is 0 Å². The van der Waals surface area contributed by atoms with Crippen molar-refractivity contribution in [2.75, 3.05) is 6.61 Å². The van der Waals surface area contributed by atoms with Crippen LogP contribution in [0.5, 0.6) is 0 Å². The number of rotatable bonds is 6. The molecular weight excluding hydrogens is 242 g/mol. The molecule has 104 valence electrons. The highest BCUT2D eigenvalue weighted by Crippen LogP contribution is 2.20. The Morgan fingerprint density at radius 3 is 2.42 bits per heavy atom. The molecule has 0 amide bonds. The smallest absolute Gasteiger partial charge is 0.315 e. The van der Waals surface area contributed by atoms with Crippen molar-refractivity contribution in [1.29, 1.82) is 0 Å². The Balaban J connectivity index is 3.04. The lowest BCUT2D eigenvalue weighted by atomic mass is 9.89. The molecule has 1 atom stereocenters. The van der Waals surface area contributed by atoms with E-state index in [-0.39, 0.29) is 5.97 Å². The molecule has 0 bridgehead atoms. The van der Waals surface area contributed by atoms with Crippen molar-refractivity contribution < 1.29 is 14.7 Å². The molecule has 0 aliphatic rings. The summed E-state index contributed by atoms with van der Waals surface area (Å²) in [6.07, 6.45) is 0.590. The molecule has 0 aliphatic carbocycles. The Morgan fingerprint density at radius 2 is 1.95 bits per heavy atom. The number of hydrogen-bond donors (Lipinski definition) is 1. The Bertz CT molecular complexity index is 426. The summed E-state index contributed by atoms with van der Waals surface area (Å²) in [7, 11) is 0. The average molecular weight is 263 g/mol. The van der Waals surface area contributed by atoms with E-state index in [1.54, 1.807) is 6.92 Å². The molecule has 19 heavy (non-hydrogen) atoms. The zero-order chi connectivity index (χ0) is 14.3. The van der Waals surface area contributed by atoms with Gasteiger partial charge in [0, 0.05) is 5.56 Å². The normalized spacial score (nSPS) is 13.4. The van der Waals surface area contributed by atoms with Crippen LogP contribution in [-0.2, 0) is 9.53 Å². The van der Waals surface area contributed by atoms with Gasteiger partial charge in [-0.1, -0.05) is 49.3 Å². The van der Waals surface area contributed by atoms with Crippen molar-refractivity contribution in [3.8, 4) is 0 Å². The SMILES string of the molecule is CCOC(=O)C(CC(C)C)/C(=N/O)c1ccccc1. The van der Waals surface area contributed by atoms with Gasteiger partial charge < -0.3 is 9.94 Å². The summed E-state index contributed by atoms with van der Waals surface area (Å²) in [6.45, 7) is 6.13. The molecule has 4 nitrogen and oxygen atoms in total. The largest absolute Gasteiger partial charge is 0.465 e. The topological polar surface area (TPSA) is 58.9 Å². The van der Waals surface area contributed by atoms with Crippen LogP contribution in [0.15, 0.2) is 35.5 Å². The van der Waals surface area contributed by atoms with Gasteiger partial charge in [-0.2, -0.15) is 0 Å². The van der Waals surface area contributed by atoms with Crippen molar-refractivity contribution >= 4 is 11.7 Å². The van der Waals surface area contributed by atoms with Crippen molar-refractivity contribution in [3.05, 3.63) is 35.9 Å². The third-order valence-electron chi connectivity index (χ3n) is 2.79. The number of ether oxygens (including phenoxy) is 1. The van der Waals surface area contributed by atoms with E-state index >= 15 is 0 Å². The van der Waals surface area contributed by atoms with Gasteiger partial charge in [-0.25, -0.2) is 0 Å². The van der Waals surface area contributed by atoms with Crippen molar-refractivity contribution in [1.82, 2.24) is 0 Å². The van der Waals surface area contributed by atoms with Gasteiger partial charge in [0.15, 0.2) is 0 Å². The first kappa shape index (κ1) is 15.2. The van der Waals surface area contributed by atoms with Crippen LogP contribution in [0, 0.1) is 11.8 Å². The maximum Gasteiger partial charge on any atom is 0.315 e. The van der Waals surface area contributed by atoms with Crippen LogP contribution in [0.4, 0.5) is 0 Å². The number of carbonyl (C=O) groups excluding carboxylic acids is 1. The number of benzene rings is 1. The second-order valence-electron chi connectivity index (χ2n) is 4.79. The van der Waals surface area contributed by atoms with Gasteiger partial charge in [0.25, 0.3) is 0 Å². The predicted molar refractivity (Wildman–Crippen MR) is 74.3 cm³/mol. The summed E-state index contributed by atoms with van der Waals surface area (Å²) in [5.41, 5.74) is 1.11. The Labute approximate surface area is 114 Å². The molecule has 4 heteroatoms. The summed E-state index contributed by atoms with van der Waals surface area (Å²) in [4.78, 5) is 12.0. The van der Waals surface area contributed by atoms with Gasteiger partial charge in [0.1, 0.15) is 11.6 Å². The Morgan fingerprint density at radius 1 is 1.32 bits per heavy atom. The maximum atomic E-state index is 12.0. The lowest BCUT2D eigenvalue weighted by Gasteiger charge is -2.18. The van der Waals surface area contributed by atoms with E-state index in [1.807, 2.05) is 44.2 Å². The van der Waals surface area contributed by atoms with Crippen molar-refractivity contribution in [3.63, 3.8) is 0 Å². The van der Waals surface area contributed by atoms with Crippen LogP contribution >= 0.6 is 0 Å². The predicted octanol–water partition coefficient (Wildman–Crippen LogP) is 3.09. The molecular formula is C15H21NO3. The van der Waals surface area contributed by atoms with E-state index in [9.17, 15) is 10.0 Å². The van der Waals surface area contributed by atoms with E-state index in [0.717, 1.165) is 5.56 Å². The summed E-state index contributed by atoms with van der Waals surface area (Å²) in [5, 5.41) is 12.6. The Hall–Kier alpha value is -1.84. The summed E-state index contributed by atoms with van der Waals surface area (Å²) < 4.78 is 5.08. The molecule has 1 rings (SSSR count). The van der Waals surface area contributed by atoms with E-state index in [1.165, 1.54) is 0 Å². The monoisotopic (exact) mass is 263 g/mol. The van der Waals surface area contributed by atoms with E-state index in [2.05, 4.69) is 5.16 Å². The van der Waals surface area contributed by atoms with Gasteiger partial charge in [-0.15, -0.1) is 0 Å². The van der Waals surface area contributed by atoms with Crippen LogP contribution in [-0.4, -0.2) is 23.5 Å². The summed E-state index contributed by atoms with van der Waals surface area (Å²) in [5.74, 6) is -0.574. The second kappa shape index (κ2) is 7.56. The standard InChI is InChI=1S/C15H21NO3/c1-4-19-15(17)13(10-11(2)3)14(16-18)12-8-6-5-7-9-12/h5-9,11,13,18H,4,10H2,1-3H3/b16-14+. The minimum absolute atomic E-state index is 0.301. The van der Waals surface area contributed by atoms with Gasteiger partial charge >= 0.3 is 5.97 Å². The molecule has 0 saturated heterocycles. The first-order valence-electron chi connectivity index (χ1n) is 6.54. The molecule has 0 spiro atoms. The zero-order valence-corrected chi connectivity index (χ0v) is 11.7. The van der Waals surface area contributed by atoms with Gasteiger partial charge in [-0.3, -0.25) is 4.79 Å². The van der Waals surface area contributed by atoms with E-state index in [0.29, 0.717) is 24.7 Å². The van der Waals surface area contributed by atoms with Gasteiger partial charge in [0.05, 0.1) is 6.61 Å². The molecule has 1 N–H and O–H groups in total. The van der Waals surface area contributed by atoms with E-state index < -0.39 is 5.92 Å². The molecule has 1 aromatic carbocycles. The molecule has 0 radical (unpaired) electrons. The molecule has 0 fully saturated rings. The van der Waals surface area contributed by atoms with Crippen molar-refractivity contribution in [2.45, 2.75) is 27.2 Å². The van der Waals surface area contributed by atoms with Crippen LogP contribution in [0.3, 0.4) is 0 Å². The number of carbonyl (C=O) groups is 1. The van der Waals surface area contributed by atoms with E-state index in [4.69, 9.17) is 4.74 Å². The second-order valence-corrected chi connectivity index (χ2v) is 4.79. The van der Waals surface area contributed by atoms with Crippen LogP contribution in [0.1, 0.15) is 32.8 Å². The minimum Gasteiger partial charge on any atom is -0.465 e. The third-order valence-corrected chi connectivity index (χ3v) is 2.79. The molecule has 0 aliphatic heterocycles. The first-order valence-corrected chi connectivity index (χ1v) is 6.54. The third kappa shape index (κ3) is 4.39. The molecule has 1 aromatic rings. The number of nitrogens with zero attached hydrogens (tertiary/aromatic N) is 1. The number of hydrogen-bond acceptors (Lipinski definition) is 4. The maximum absolute atomic E-state index is 12.0. The van der Waals surface area contributed by atoms with Crippen LogP contribution in [0.25, 0.3) is 0 Å². The van der Waals surface area contributed by atoms with Crippen molar-refractivity contribution in [2.24, 2.45) is 17.0 Å². The van der Waals surface area contributed by atoms with Crippen LogP contribution in [0.2, 0.25) is 0 Å².